The first kappa shape index (κ1) is 17.4. The topological polar surface area (TPSA) is 67.6 Å². The molecule has 134 valence electrons. The first-order chi connectivity index (χ1) is 11.7. The Morgan fingerprint density at radius 3 is 2.88 bits per heavy atom. The van der Waals surface area contributed by atoms with Crippen molar-refractivity contribution in [2.75, 3.05) is 26.3 Å². The number of piperidine rings is 1. The van der Waals surface area contributed by atoms with Crippen molar-refractivity contribution < 1.29 is 14.6 Å². The largest absolute Gasteiger partial charge is 0.394 e. The van der Waals surface area contributed by atoms with Crippen molar-refractivity contribution in [1.82, 2.24) is 14.7 Å². The van der Waals surface area contributed by atoms with Crippen LogP contribution < -0.4 is 0 Å². The second kappa shape index (κ2) is 8.12. The molecule has 2 fully saturated rings. The fraction of sp³-hybridized carbons (Fsp3) is 0.778. The van der Waals surface area contributed by atoms with E-state index in [4.69, 9.17) is 9.84 Å². The average molecular weight is 335 g/mol. The lowest BCUT2D eigenvalue weighted by Gasteiger charge is -2.38. The number of nitrogens with zero attached hydrogens (tertiary/aromatic N) is 3. The standard InChI is InChI=1S/C18H29N3O3/c1-2-17-15(4-3-13-24-17)18(23)20-9-6-14(7-10-20)16-5-8-19-21(16)11-12-22/h5,8,14-15,17,22H,2-4,6-7,9-13H2,1H3/t15-,17+/m0/s1. The molecule has 0 bridgehead atoms. The number of aliphatic hydroxyl groups excluding tert-OH is 1. The monoisotopic (exact) mass is 335 g/mol. The smallest absolute Gasteiger partial charge is 0.228 e. The van der Waals surface area contributed by atoms with Gasteiger partial charge in [0.05, 0.1) is 25.2 Å². The molecule has 0 radical (unpaired) electrons. The van der Waals surface area contributed by atoms with Crippen LogP contribution in [0.15, 0.2) is 12.3 Å². The molecule has 3 heterocycles. The maximum Gasteiger partial charge on any atom is 0.228 e. The predicted octanol–water partition coefficient (Wildman–Crippen LogP) is 1.79. The van der Waals surface area contributed by atoms with E-state index in [0.717, 1.165) is 51.8 Å². The van der Waals surface area contributed by atoms with E-state index >= 15 is 0 Å². The number of amides is 1. The number of hydrogen-bond donors (Lipinski definition) is 1. The number of hydrogen-bond acceptors (Lipinski definition) is 4. The SMILES string of the molecule is CC[C@H]1OCCC[C@@H]1C(=O)N1CCC(c2ccnn2CCO)CC1. The second-order valence-corrected chi connectivity index (χ2v) is 6.87. The van der Waals surface area contributed by atoms with Gasteiger partial charge in [-0.2, -0.15) is 5.10 Å². The third-order valence-corrected chi connectivity index (χ3v) is 5.45. The van der Waals surface area contributed by atoms with Crippen LogP contribution in [0.25, 0.3) is 0 Å². The summed E-state index contributed by atoms with van der Waals surface area (Å²) in [4.78, 5) is 14.9. The first-order valence-electron chi connectivity index (χ1n) is 9.27. The van der Waals surface area contributed by atoms with E-state index < -0.39 is 0 Å². The third-order valence-electron chi connectivity index (χ3n) is 5.45. The third kappa shape index (κ3) is 3.64. The van der Waals surface area contributed by atoms with Crippen molar-refractivity contribution in [2.45, 2.75) is 57.6 Å². The van der Waals surface area contributed by atoms with E-state index in [1.54, 1.807) is 6.20 Å². The minimum Gasteiger partial charge on any atom is -0.394 e. The minimum atomic E-state index is 0.0419. The number of aliphatic hydroxyl groups is 1. The molecular weight excluding hydrogens is 306 g/mol. The molecule has 0 spiro atoms. The Hall–Kier alpha value is -1.40. The summed E-state index contributed by atoms with van der Waals surface area (Å²) in [7, 11) is 0. The molecule has 2 aliphatic heterocycles. The molecule has 0 aliphatic carbocycles. The van der Waals surface area contributed by atoms with Gasteiger partial charge in [-0.05, 0) is 38.2 Å². The number of ether oxygens (including phenoxy) is 1. The van der Waals surface area contributed by atoms with Crippen molar-refractivity contribution in [2.24, 2.45) is 5.92 Å². The molecule has 2 aliphatic rings. The van der Waals surface area contributed by atoms with Crippen LogP contribution in [-0.4, -0.2) is 58.1 Å². The normalized spacial score (nSPS) is 25.8. The van der Waals surface area contributed by atoms with Gasteiger partial charge in [-0.3, -0.25) is 9.48 Å². The Balaban J connectivity index is 1.58. The molecule has 24 heavy (non-hydrogen) atoms. The molecule has 1 aromatic heterocycles. The zero-order valence-electron chi connectivity index (χ0n) is 14.6. The van der Waals surface area contributed by atoms with Gasteiger partial charge in [-0.25, -0.2) is 0 Å². The summed E-state index contributed by atoms with van der Waals surface area (Å²) in [6, 6.07) is 2.04. The highest BCUT2D eigenvalue weighted by Gasteiger charge is 2.35. The zero-order chi connectivity index (χ0) is 16.9. The fourth-order valence-corrected chi connectivity index (χ4v) is 4.13. The van der Waals surface area contributed by atoms with Gasteiger partial charge in [0.15, 0.2) is 0 Å². The van der Waals surface area contributed by atoms with Crippen LogP contribution in [0.2, 0.25) is 0 Å². The summed E-state index contributed by atoms with van der Waals surface area (Å²) in [5, 5.41) is 13.4. The average Bonchev–Trinajstić information content (AvgIpc) is 3.10. The lowest BCUT2D eigenvalue weighted by atomic mass is 9.88. The lowest BCUT2D eigenvalue weighted by molar-refractivity contribution is -0.146. The van der Waals surface area contributed by atoms with Gasteiger partial charge in [-0.1, -0.05) is 6.92 Å². The van der Waals surface area contributed by atoms with Gasteiger partial charge >= 0.3 is 0 Å². The molecular formula is C18H29N3O3. The number of likely N-dealkylation sites (tertiary alicyclic amines) is 1. The van der Waals surface area contributed by atoms with Crippen molar-refractivity contribution in [3.63, 3.8) is 0 Å². The fourth-order valence-electron chi connectivity index (χ4n) is 4.13. The summed E-state index contributed by atoms with van der Waals surface area (Å²) >= 11 is 0. The van der Waals surface area contributed by atoms with Gasteiger partial charge in [-0.15, -0.1) is 0 Å². The molecule has 6 nitrogen and oxygen atoms in total. The minimum absolute atomic E-state index is 0.0419. The Bertz CT molecular complexity index is 537. The van der Waals surface area contributed by atoms with Crippen molar-refractivity contribution in [3.8, 4) is 0 Å². The van der Waals surface area contributed by atoms with Crippen LogP contribution in [0.1, 0.15) is 50.6 Å². The summed E-state index contributed by atoms with van der Waals surface area (Å²) in [5.41, 5.74) is 1.18. The first-order valence-corrected chi connectivity index (χ1v) is 9.27. The van der Waals surface area contributed by atoms with Gasteiger partial charge in [0.25, 0.3) is 0 Å². The second-order valence-electron chi connectivity index (χ2n) is 6.87. The molecule has 2 saturated heterocycles. The highest BCUT2D eigenvalue weighted by atomic mass is 16.5. The Morgan fingerprint density at radius 2 is 2.17 bits per heavy atom. The summed E-state index contributed by atoms with van der Waals surface area (Å²) in [6.45, 7) is 5.15. The van der Waals surface area contributed by atoms with Crippen molar-refractivity contribution in [1.29, 1.82) is 0 Å². The van der Waals surface area contributed by atoms with E-state index in [2.05, 4.69) is 12.0 Å². The van der Waals surface area contributed by atoms with E-state index in [1.165, 1.54) is 5.69 Å². The van der Waals surface area contributed by atoms with Crippen LogP contribution in [0.4, 0.5) is 0 Å². The molecule has 0 aromatic carbocycles. The summed E-state index contributed by atoms with van der Waals surface area (Å²) < 4.78 is 7.68. The molecule has 1 N–H and O–H groups in total. The highest BCUT2D eigenvalue weighted by Crippen LogP contribution is 2.31. The summed E-state index contributed by atoms with van der Waals surface area (Å²) in [5.74, 6) is 0.747. The zero-order valence-corrected chi connectivity index (χ0v) is 14.6. The lowest BCUT2D eigenvalue weighted by Crippen LogP contribution is -2.46. The maximum atomic E-state index is 12.9. The molecule has 0 unspecified atom stereocenters. The molecule has 1 amide bonds. The van der Waals surface area contributed by atoms with E-state index in [0.29, 0.717) is 12.5 Å². The van der Waals surface area contributed by atoms with Crippen molar-refractivity contribution in [3.05, 3.63) is 18.0 Å². The molecule has 3 rings (SSSR count). The molecule has 6 heteroatoms. The number of carbonyl (C=O) groups is 1. The Labute approximate surface area is 143 Å². The van der Waals surface area contributed by atoms with Crippen LogP contribution in [-0.2, 0) is 16.1 Å². The van der Waals surface area contributed by atoms with Gasteiger partial charge in [0.2, 0.25) is 5.91 Å². The number of rotatable bonds is 5. The van der Waals surface area contributed by atoms with Gasteiger partial charge < -0.3 is 14.7 Å². The summed E-state index contributed by atoms with van der Waals surface area (Å²) in [6.07, 6.45) is 6.68. The Kier molecular flexibility index (Phi) is 5.89. The maximum absolute atomic E-state index is 12.9. The van der Waals surface area contributed by atoms with E-state index in [-0.39, 0.29) is 24.5 Å². The van der Waals surface area contributed by atoms with Crippen LogP contribution in [0.5, 0.6) is 0 Å². The molecule has 2 atom stereocenters. The molecule has 0 saturated carbocycles. The van der Waals surface area contributed by atoms with Gasteiger partial charge in [0, 0.05) is 37.5 Å². The van der Waals surface area contributed by atoms with Crippen molar-refractivity contribution >= 4 is 5.91 Å². The van der Waals surface area contributed by atoms with Crippen LogP contribution in [0.3, 0.4) is 0 Å². The number of carbonyl (C=O) groups excluding carboxylic acids is 1. The highest BCUT2D eigenvalue weighted by molar-refractivity contribution is 5.79. The molecule has 1 aromatic rings. The number of aromatic nitrogens is 2. The Morgan fingerprint density at radius 1 is 1.38 bits per heavy atom. The van der Waals surface area contributed by atoms with Gasteiger partial charge in [0.1, 0.15) is 0 Å². The predicted molar refractivity (Wildman–Crippen MR) is 90.6 cm³/mol. The van der Waals surface area contributed by atoms with E-state index in [1.807, 2.05) is 15.6 Å². The van der Waals surface area contributed by atoms with E-state index in [9.17, 15) is 4.79 Å². The quantitative estimate of drug-likeness (QED) is 0.891. The van der Waals surface area contributed by atoms with Crippen LogP contribution >= 0.6 is 0 Å². The van der Waals surface area contributed by atoms with Crippen LogP contribution in [0, 0.1) is 5.92 Å².